The molecule has 0 bridgehead atoms. The number of benzene rings is 1. The summed E-state index contributed by atoms with van der Waals surface area (Å²) in [5.74, 6) is 0.536. The molecule has 0 unspecified atom stereocenters. The summed E-state index contributed by atoms with van der Waals surface area (Å²) in [6.45, 7) is 3.92. The molecule has 0 aliphatic heterocycles. The number of imidazole rings is 1. The molecule has 108 valence electrons. The number of ether oxygens (including phenoxy) is 1. The molecule has 0 aliphatic carbocycles. The Morgan fingerprint density at radius 3 is 2.85 bits per heavy atom. The highest BCUT2D eigenvalue weighted by molar-refractivity contribution is 5.79. The SMILES string of the molecule is CC(C)OC(=O)Cn1c(CCCO)nc2ccccc21. The lowest BCUT2D eigenvalue weighted by Gasteiger charge is -2.11. The summed E-state index contributed by atoms with van der Waals surface area (Å²) in [5.41, 5.74) is 1.78. The molecule has 1 aromatic heterocycles. The first kappa shape index (κ1) is 14.5. The summed E-state index contributed by atoms with van der Waals surface area (Å²) in [7, 11) is 0. The van der Waals surface area contributed by atoms with Crippen LogP contribution in [0.15, 0.2) is 24.3 Å². The number of para-hydroxylation sites is 2. The van der Waals surface area contributed by atoms with E-state index in [9.17, 15) is 4.79 Å². The first-order valence-electron chi connectivity index (χ1n) is 6.86. The Hall–Kier alpha value is -1.88. The van der Waals surface area contributed by atoms with Gasteiger partial charge in [0.1, 0.15) is 12.4 Å². The van der Waals surface area contributed by atoms with Crippen molar-refractivity contribution in [2.45, 2.75) is 39.3 Å². The maximum Gasteiger partial charge on any atom is 0.326 e. The van der Waals surface area contributed by atoms with Gasteiger partial charge in [-0.2, -0.15) is 0 Å². The second-order valence-electron chi connectivity index (χ2n) is 4.97. The van der Waals surface area contributed by atoms with Crippen LogP contribution in [0, 0.1) is 0 Å². The van der Waals surface area contributed by atoms with Gasteiger partial charge < -0.3 is 14.4 Å². The van der Waals surface area contributed by atoms with Gasteiger partial charge in [0.2, 0.25) is 0 Å². The molecule has 2 aromatic rings. The van der Waals surface area contributed by atoms with Gasteiger partial charge in [-0.05, 0) is 32.4 Å². The molecule has 0 fully saturated rings. The lowest BCUT2D eigenvalue weighted by Crippen LogP contribution is -2.19. The lowest BCUT2D eigenvalue weighted by molar-refractivity contribution is -0.148. The Kier molecular flexibility index (Phi) is 4.74. The van der Waals surface area contributed by atoms with Crippen molar-refractivity contribution in [2.24, 2.45) is 0 Å². The lowest BCUT2D eigenvalue weighted by atomic mass is 10.3. The van der Waals surface area contributed by atoms with Gasteiger partial charge in [-0.25, -0.2) is 4.98 Å². The minimum atomic E-state index is -0.270. The van der Waals surface area contributed by atoms with Gasteiger partial charge in [-0.15, -0.1) is 0 Å². The molecule has 5 heteroatoms. The first-order valence-corrected chi connectivity index (χ1v) is 6.86. The van der Waals surface area contributed by atoms with Crippen LogP contribution in [-0.4, -0.2) is 33.3 Å². The predicted octanol–water partition coefficient (Wildman–Crippen LogP) is 1.91. The maximum absolute atomic E-state index is 11.9. The highest BCUT2D eigenvalue weighted by Crippen LogP contribution is 2.17. The number of esters is 1. The van der Waals surface area contributed by atoms with Crippen LogP contribution in [0.2, 0.25) is 0 Å². The summed E-state index contributed by atoms with van der Waals surface area (Å²) >= 11 is 0. The van der Waals surface area contributed by atoms with Crippen LogP contribution in [0.25, 0.3) is 11.0 Å². The minimum absolute atomic E-state index is 0.111. The number of aliphatic hydroxyl groups excluding tert-OH is 1. The van der Waals surface area contributed by atoms with Crippen molar-refractivity contribution in [3.05, 3.63) is 30.1 Å². The number of aliphatic hydroxyl groups is 1. The van der Waals surface area contributed by atoms with E-state index < -0.39 is 0 Å². The van der Waals surface area contributed by atoms with Crippen molar-refractivity contribution in [3.63, 3.8) is 0 Å². The van der Waals surface area contributed by atoms with Crippen LogP contribution >= 0.6 is 0 Å². The summed E-state index contributed by atoms with van der Waals surface area (Å²) < 4.78 is 7.07. The maximum atomic E-state index is 11.9. The van der Waals surface area contributed by atoms with Crippen molar-refractivity contribution in [1.29, 1.82) is 0 Å². The van der Waals surface area contributed by atoms with Crippen molar-refractivity contribution in [1.82, 2.24) is 9.55 Å². The summed E-state index contributed by atoms with van der Waals surface area (Å²) in [4.78, 5) is 16.4. The molecule has 0 atom stereocenters. The number of nitrogens with zero attached hydrogens (tertiary/aromatic N) is 2. The van der Waals surface area contributed by atoms with E-state index in [0.29, 0.717) is 12.8 Å². The fourth-order valence-electron chi connectivity index (χ4n) is 2.16. The average Bonchev–Trinajstić information content (AvgIpc) is 2.74. The Balaban J connectivity index is 2.30. The van der Waals surface area contributed by atoms with E-state index in [4.69, 9.17) is 9.84 Å². The molecule has 1 N–H and O–H groups in total. The summed E-state index contributed by atoms with van der Waals surface area (Å²) in [5, 5.41) is 8.97. The van der Waals surface area contributed by atoms with Crippen LogP contribution in [0.5, 0.6) is 0 Å². The number of fused-ring (bicyclic) bond motifs is 1. The molecule has 5 nitrogen and oxygen atoms in total. The van der Waals surface area contributed by atoms with E-state index in [1.807, 2.05) is 42.7 Å². The van der Waals surface area contributed by atoms with Gasteiger partial charge in [0.15, 0.2) is 0 Å². The Bertz CT molecular complexity index is 590. The molecular weight excluding hydrogens is 256 g/mol. The van der Waals surface area contributed by atoms with E-state index in [1.54, 1.807) is 0 Å². The Morgan fingerprint density at radius 1 is 1.40 bits per heavy atom. The van der Waals surface area contributed by atoms with Crippen molar-refractivity contribution in [2.75, 3.05) is 6.61 Å². The van der Waals surface area contributed by atoms with E-state index in [1.165, 1.54) is 0 Å². The highest BCUT2D eigenvalue weighted by atomic mass is 16.5. The topological polar surface area (TPSA) is 64.3 Å². The number of rotatable bonds is 6. The van der Waals surface area contributed by atoms with E-state index in [-0.39, 0.29) is 25.2 Å². The van der Waals surface area contributed by atoms with Crippen molar-refractivity contribution >= 4 is 17.0 Å². The van der Waals surface area contributed by atoms with Gasteiger partial charge in [-0.3, -0.25) is 4.79 Å². The van der Waals surface area contributed by atoms with Crippen LogP contribution in [0.4, 0.5) is 0 Å². The van der Waals surface area contributed by atoms with Gasteiger partial charge in [0.05, 0.1) is 17.1 Å². The third kappa shape index (κ3) is 3.36. The fourth-order valence-corrected chi connectivity index (χ4v) is 2.16. The number of aryl methyl sites for hydroxylation is 1. The molecule has 2 rings (SSSR count). The average molecular weight is 276 g/mol. The monoisotopic (exact) mass is 276 g/mol. The normalized spacial score (nSPS) is 11.2. The quantitative estimate of drug-likeness (QED) is 0.819. The van der Waals surface area contributed by atoms with E-state index in [0.717, 1.165) is 16.9 Å². The first-order chi connectivity index (χ1) is 9.61. The Morgan fingerprint density at radius 2 is 2.15 bits per heavy atom. The van der Waals surface area contributed by atoms with Crippen LogP contribution in [0.3, 0.4) is 0 Å². The minimum Gasteiger partial charge on any atom is -0.462 e. The van der Waals surface area contributed by atoms with E-state index >= 15 is 0 Å². The molecular formula is C15H20N2O3. The second kappa shape index (κ2) is 6.52. The molecule has 0 aliphatic rings. The highest BCUT2D eigenvalue weighted by Gasteiger charge is 2.14. The fraction of sp³-hybridized carbons (Fsp3) is 0.467. The molecule has 0 spiro atoms. The third-order valence-electron chi connectivity index (χ3n) is 2.95. The predicted molar refractivity (Wildman–Crippen MR) is 76.4 cm³/mol. The Labute approximate surface area is 118 Å². The second-order valence-corrected chi connectivity index (χ2v) is 4.97. The summed E-state index contributed by atoms with van der Waals surface area (Å²) in [6.07, 6.45) is 1.14. The number of hydrogen-bond acceptors (Lipinski definition) is 4. The number of carbonyl (C=O) groups excluding carboxylic acids is 1. The summed E-state index contributed by atoms with van der Waals surface area (Å²) in [6, 6.07) is 7.70. The standard InChI is InChI=1S/C15H20N2O3/c1-11(2)20-15(19)10-17-13-7-4-3-6-12(13)16-14(17)8-5-9-18/h3-4,6-7,11,18H,5,8-10H2,1-2H3. The van der Waals surface area contributed by atoms with Gasteiger partial charge in [0.25, 0.3) is 0 Å². The smallest absolute Gasteiger partial charge is 0.326 e. The molecule has 0 amide bonds. The largest absolute Gasteiger partial charge is 0.462 e. The molecule has 0 saturated carbocycles. The third-order valence-corrected chi connectivity index (χ3v) is 2.95. The van der Waals surface area contributed by atoms with Gasteiger partial charge in [0, 0.05) is 13.0 Å². The molecule has 0 saturated heterocycles. The zero-order chi connectivity index (χ0) is 14.5. The number of hydrogen-bond donors (Lipinski definition) is 1. The zero-order valence-corrected chi connectivity index (χ0v) is 11.9. The van der Waals surface area contributed by atoms with Crippen molar-refractivity contribution < 1.29 is 14.6 Å². The number of aromatic nitrogens is 2. The zero-order valence-electron chi connectivity index (χ0n) is 11.9. The molecule has 0 radical (unpaired) electrons. The molecule has 1 heterocycles. The van der Waals surface area contributed by atoms with Crippen LogP contribution < -0.4 is 0 Å². The number of carbonyl (C=O) groups is 1. The van der Waals surface area contributed by atoms with Gasteiger partial charge in [-0.1, -0.05) is 12.1 Å². The molecule has 20 heavy (non-hydrogen) atoms. The van der Waals surface area contributed by atoms with Gasteiger partial charge >= 0.3 is 5.97 Å². The van der Waals surface area contributed by atoms with Crippen LogP contribution in [-0.2, 0) is 22.5 Å². The van der Waals surface area contributed by atoms with Crippen LogP contribution in [0.1, 0.15) is 26.1 Å². The van der Waals surface area contributed by atoms with Crippen molar-refractivity contribution in [3.8, 4) is 0 Å². The van der Waals surface area contributed by atoms with E-state index in [2.05, 4.69) is 4.98 Å². The molecule has 1 aromatic carbocycles.